The molecule has 0 saturated carbocycles. The van der Waals surface area contributed by atoms with Crippen LogP contribution < -0.4 is 5.56 Å². The van der Waals surface area contributed by atoms with Gasteiger partial charge in [0.1, 0.15) is 0 Å². The van der Waals surface area contributed by atoms with Gasteiger partial charge in [0.05, 0.1) is 5.25 Å². The standard InChI is InChI=1S/C15H16N2O2S/c1-9-4-5-12(8-10(9)2)14(19)11(3)20-15-16-7-6-13(18)17-15/h4-8,11H,1-3H3,(H,16,17,18). The third-order valence-electron chi connectivity index (χ3n) is 3.10. The minimum absolute atomic E-state index is 0.0320. The Morgan fingerprint density at radius 2 is 2.00 bits per heavy atom. The molecule has 0 amide bonds. The van der Waals surface area contributed by atoms with Crippen molar-refractivity contribution in [2.45, 2.75) is 31.2 Å². The fourth-order valence-electron chi connectivity index (χ4n) is 1.76. The van der Waals surface area contributed by atoms with Crippen LogP contribution in [0.4, 0.5) is 0 Å². The van der Waals surface area contributed by atoms with Crippen molar-refractivity contribution in [2.75, 3.05) is 0 Å². The molecule has 0 aliphatic carbocycles. The summed E-state index contributed by atoms with van der Waals surface area (Å²) in [6.07, 6.45) is 1.44. The molecule has 0 aliphatic rings. The molecule has 1 unspecified atom stereocenters. The maximum absolute atomic E-state index is 12.4. The molecule has 0 spiro atoms. The van der Waals surface area contributed by atoms with Crippen LogP contribution in [0, 0.1) is 13.8 Å². The highest BCUT2D eigenvalue weighted by molar-refractivity contribution is 8.00. The van der Waals surface area contributed by atoms with Crippen molar-refractivity contribution in [1.82, 2.24) is 9.97 Å². The summed E-state index contributed by atoms with van der Waals surface area (Å²) >= 11 is 1.25. The summed E-state index contributed by atoms with van der Waals surface area (Å²) in [6, 6.07) is 7.03. The van der Waals surface area contributed by atoms with Crippen LogP contribution in [-0.4, -0.2) is 21.0 Å². The summed E-state index contributed by atoms with van der Waals surface area (Å²) in [5, 5.41) is 0.157. The van der Waals surface area contributed by atoms with E-state index >= 15 is 0 Å². The van der Waals surface area contributed by atoms with Crippen LogP contribution in [-0.2, 0) is 0 Å². The lowest BCUT2D eigenvalue weighted by molar-refractivity contribution is 0.0994. The SMILES string of the molecule is Cc1ccc(C(=O)C(C)Sc2nccc(=O)[nH]2)cc1C. The number of aryl methyl sites for hydroxylation is 2. The number of nitrogens with one attached hydrogen (secondary N) is 1. The van der Waals surface area contributed by atoms with Crippen LogP contribution in [0.15, 0.2) is 40.4 Å². The number of rotatable bonds is 4. The molecule has 104 valence electrons. The fourth-order valence-corrected chi connectivity index (χ4v) is 2.62. The van der Waals surface area contributed by atoms with Crippen molar-refractivity contribution >= 4 is 17.5 Å². The van der Waals surface area contributed by atoms with Gasteiger partial charge < -0.3 is 4.98 Å². The molecule has 4 nitrogen and oxygen atoms in total. The van der Waals surface area contributed by atoms with E-state index < -0.39 is 0 Å². The predicted octanol–water partition coefficient (Wildman–Crippen LogP) is 2.75. The monoisotopic (exact) mass is 288 g/mol. The molecule has 1 heterocycles. The summed E-state index contributed by atoms with van der Waals surface area (Å²) in [6.45, 7) is 5.82. The molecule has 0 radical (unpaired) electrons. The zero-order valence-corrected chi connectivity index (χ0v) is 12.5. The summed E-state index contributed by atoms with van der Waals surface area (Å²) in [5.41, 5.74) is 2.73. The number of benzene rings is 1. The fraction of sp³-hybridized carbons (Fsp3) is 0.267. The van der Waals surface area contributed by atoms with Crippen molar-refractivity contribution in [3.8, 4) is 0 Å². The molecule has 0 aliphatic heterocycles. The van der Waals surface area contributed by atoms with Gasteiger partial charge in [-0.1, -0.05) is 23.9 Å². The van der Waals surface area contributed by atoms with Gasteiger partial charge in [-0.05, 0) is 38.0 Å². The zero-order chi connectivity index (χ0) is 14.7. The topological polar surface area (TPSA) is 62.8 Å². The maximum Gasteiger partial charge on any atom is 0.251 e. The van der Waals surface area contributed by atoms with Gasteiger partial charge in [0.25, 0.3) is 5.56 Å². The van der Waals surface area contributed by atoms with Gasteiger partial charge in [-0.2, -0.15) is 0 Å². The summed E-state index contributed by atoms with van der Waals surface area (Å²) in [4.78, 5) is 30.2. The van der Waals surface area contributed by atoms with E-state index in [1.807, 2.05) is 39.0 Å². The van der Waals surface area contributed by atoms with Crippen LogP contribution >= 0.6 is 11.8 Å². The molecule has 2 aromatic rings. The largest absolute Gasteiger partial charge is 0.301 e. The molecule has 1 aromatic heterocycles. The minimum Gasteiger partial charge on any atom is -0.301 e. The Hall–Kier alpha value is -1.88. The average molecular weight is 288 g/mol. The van der Waals surface area contributed by atoms with Crippen LogP contribution in [0.2, 0.25) is 0 Å². The van der Waals surface area contributed by atoms with Crippen LogP contribution in [0.25, 0.3) is 0 Å². The molecule has 1 N–H and O–H groups in total. The quantitative estimate of drug-likeness (QED) is 0.534. The highest BCUT2D eigenvalue weighted by Crippen LogP contribution is 2.22. The van der Waals surface area contributed by atoms with Crippen molar-refractivity contribution < 1.29 is 4.79 Å². The first kappa shape index (κ1) is 14.5. The van der Waals surface area contributed by atoms with Gasteiger partial charge >= 0.3 is 0 Å². The molecule has 0 fully saturated rings. The molecule has 1 aromatic carbocycles. The van der Waals surface area contributed by atoms with Gasteiger partial charge in [0.15, 0.2) is 10.9 Å². The third-order valence-corrected chi connectivity index (χ3v) is 4.10. The highest BCUT2D eigenvalue weighted by atomic mass is 32.2. The lowest BCUT2D eigenvalue weighted by Gasteiger charge is -2.10. The summed E-state index contributed by atoms with van der Waals surface area (Å²) in [5.74, 6) is 0.0320. The van der Waals surface area contributed by atoms with E-state index in [1.54, 1.807) is 0 Å². The second-order valence-electron chi connectivity index (χ2n) is 4.66. The zero-order valence-electron chi connectivity index (χ0n) is 11.6. The van der Waals surface area contributed by atoms with Crippen LogP contribution in [0.3, 0.4) is 0 Å². The van der Waals surface area contributed by atoms with E-state index in [1.165, 1.54) is 24.0 Å². The number of aromatic amines is 1. The van der Waals surface area contributed by atoms with Crippen LogP contribution in [0.1, 0.15) is 28.4 Å². The predicted molar refractivity (Wildman–Crippen MR) is 80.4 cm³/mol. The lowest BCUT2D eigenvalue weighted by Crippen LogP contribution is -2.15. The molecule has 0 bridgehead atoms. The average Bonchev–Trinajstić information content (AvgIpc) is 2.41. The molecule has 0 saturated heterocycles. The van der Waals surface area contributed by atoms with Crippen molar-refractivity contribution in [1.29, 1.82) is 0 Å². The molecule has 5 heteroatoms. The number of carbonyl (C=O) groups excluding carboxylic acids is 1. The Bertz CT molecular complexity index is 694. The normalized spacial score (nSPS) is 12.2. The van der Waals surface area contributed by atoms with Gasteiger partial charge in [0, 0.05) is 17.8 Å². The third kappa shape index (κ3) is 3.36. The Kier molecular flexibility index (Phi) is 4.39. The van der Waals surface area contributed by atoms with Gasteiger partial charge in [-0.25, -0.2) is 4.98 Å². The number of carbonyl (C=O) groups is 1. The van der Waals surface area contributed by atoms with Gasteiger partial charge in [-0.15, -0.1) is 0 Å². The van der Waals surface area contributed by atoms with Gasteiger partial charge in [-0.3, -0.25) is 9.59 Å². The molecule has 20 heavy (non-hydrogen) atoms. The number of H-pyrrole nitrogens is 1. The van der Waals surface area contributed by atoms with Gasteiger partial charge in [0.2, 0.25) is 0 Å². The smallest absolute Gasteiger partial charge is 0.251 e. The van der Waals surface area contributed by atoms with Crippen LogP contribution in [0.5, 0.6) is 0 Å². The number of thioether (sulfide) groups is 1. The number of hydrogen-bond donors (Lipinski definition) is 1. The van der Waals surface area contributed by atoms with E-state index in [4.69, 9.17) is 0 Å². The minimum atomic E-state index is -0.303. The number of nitrogens with zero attached hydrogens (tertiary/aromatic N) is 1. The lowest BCUT2D eigenvalue weighted by atomic mass is 10.0. The molecular weight excluding hydrogens is 272 g/mol. The Labute approximate surface area is 121 Å². The number of hydrogen-bond acceptors (Lipinski definition) is 4. The molecular formula is C15H16N2O2S. The first-order chi connectivity index (χ1) is 9.47. The Balaban J connectivity index is 2.16. The van der Waals surface area contributed by atoms with Crippen molar-refractivity contribution in [3.63, 3.8) is 0 Å². The summed E-state index contributed by atoms with van der Waals surface area (Å²) < 4.78 is 0. The first-order valence-electron chi connectivity index (χ1n) is 6.31. The van der Waals surface area contributed by atoms with E-state index in [9.17, 15) is 9.59 Å². The maximum atomic E-state index is 12.4. The van der Waals surface area contributed by atoms with E-state index in [2.05, 4.69) is 9.97 Å². The number of ketones is 1. The van der Waals surface area contributed by atoms with Crippen molar-refractivity contribution in [3.05, 3.63) is 57.5 Å². The Morgan fingerprint density at radius 3 is 2.65 bits per heavy atom. The number of Topliss-reactive ketones (excluding diaryl/α,β-unsaturated/α-hetero) is 1. The highest BCUT2D eigenvalue weighted by Gasteiger charge is 2.17. The second-order valence-corrected chi connectivity index (χ2v) is 5.99. The summed E-state index contributed by atoms with van der Waals surface area (Å²) in [7, 11) is 0. The van der Waals surface area contributed by atoms with E-state index in [0.29, 0.717) is 10.7 Å². The molecule has 2 rings (SSSR count). The molecule has 1 atom stereocenters. The van der Waals surface area contributed by atoms with Crippen molar-refractivity contribution in [2.24, 2.45) is 0 Å². The Morgan fingerprint density at radius 1 is 1.25 bits per heavy atom. The first-order valence-corrected chi connectivity index (χ1v) is 7.19. The van der Waals surface area contributed by atoms with E-state index in [-0.39, 0.29) is 16.6 Å². The second kappa shape index (κ2) is 6.05. The van der Waals surface area contributed by atoms with E-state index in [0.717, 1.165) is 11.1 Å². The number of aromatic nitrogens is 2.